The van der Waals surface area contributed by atoms with E-state index in [0.29, 0.717) is 0 Å². The van der Waals surface area contributed by atoms with Gasteiger partial charge in [0.05, 0.1) is 8.07 Å². The van der Waals surface area contributed by atoms with Crippen molar-refractivity contribution in [2.45, 2.75) is 39.9 Å². The van der Waals surface area contributed by atoms with E-state index in [0.717, 1.165) is 6.42 Å². The fourth-order valence-electron chi connectivity index (χ4n) is 5.58. The van der Waals surface area contributed by atoms with Gasteiger partial charge in [0.2, 0.25) is 0 Å². The molecule has 0 spiro atoms. The zero-order valence-corrected chi connectivity index (χ0v) is 28.8. The summed E-state index contributed by atoms with van der Waals surface area (Å²) < 4.78 is 1.42. The van der Waals surface area contributed by atoms with E-state index >= 15 is 0 Å². The zero-order valence-electron chi connectivity index (χ0n) is 23.9. The van der Waals surface area contributed by atoms with Crippen molar-refractivity contribution in [3.8, 4) is 0 Å². The van der Waals surface area contributed by atoms with Crippen molar-refractivity contribution < 1.29 is 49.0 Å². The standard InChI is InChI=1S/C23H25Si.C13H10.2ClH.Zr/c1-15-10-11-19-18(12-15)13-21-20(19)14-22(24(3,4)5)16(2)23(21)17-8-6-7-9-17;1-3-7-12(8-4-1)11-13-9-5-2-6-10-13;;;/h6-8,10-14H,9H2,1-5H3;1-10H;2*1H;/q-1;;;;+2/p-2. The Morgan fingerprint density at radius 1 is 0.775 bits per heavy atom. The first kappa shape index (κ1) is 32.3. The van der Waals surface area contributed by atoms with Gasteiger partial charge in [-0.15, -0.1) is 33.7 Å². The second-order valence-electron chi connectivity index (χ2n) is 11.3. The second-order valence-corrected chi connectivity index (χ2v) is 17.6. The summed E-state index contributed by atoms with van der Waals surface area (Å²) in [6.07, 6.45) is 7.84. The minimum atomic E-state index is -1.40. The molecule has 5 aromatic rings. The van der Waals surface area contributed by atoms with Crippen LogP contribution in [0.3, 0.4) is 0 Å². The van der Waals surface area contributed by atoms with Gasteiger partial charge in [-0.25, -0.2) is 0 Å². The molecule has 6 rings (SSSR count). The Balaban J connectivity index is 0.000000238. The molecule has 0 aliphatic heterocycles. The predicted molar refractivity (Wildman–Crippen MR) is 167 cm³/mol. The van der Waals surface area contributed by atoms with Gasteiger partial charge in [-0.1, -0.05) is 83.5 Å². The van der Waals surface area contributed by atoms with Gasteiger partial charge in [0.15, 0.2) is 0 Å². The molecule has 40 heavy (non-hydrogen) atoms. The molecule has 202 valence electrons. The summed E-state index contributed by atoms with van der Waals surface area (Å²) >= 11 is 1.46. The van der Waals surface area contributed by atoms with Crippen molar-refractivity contribution in [2.24, 2.45) is 0 Å². The number of rotatable bonds is 4. The van der Waals surface area contributed by atoms with Crippen LogP contribution in [-0.2, 0) is 24.2 Å². The predicted octanol–water partition coefficient (Wildman–Crippen LogP) is 3.03. The summed E-state index contributed by atoms with van der Waals surface area (Å²) in [5, 5.41) is 7.26. The molecule has 0 saturated carbocycles. The van der Waals surface area contributed by atoms with Gasteiger partial charge in [0.25, 0.3) is 0 Å². The molecule has 0 unspecified atom stereocenters. The quantitative estimate of drug-likeness (QED) is 0.206. The Morgan fingerprint density at radius 2 is 1.38 bits per heavy atom. The van der Waals surface area contributed by atoms with Crippen LogP contribution < -0.4 is 30.0 Å². The van der Waals surface area contributed by atoms with Gasteiger partial charge in [-0.05, 0) is 20.3 Å². The number of hydrogen-bond acceptors (Lipinski definition) is 0. The summed E-state index contributed by atoms with van der Waals surface area (Å²) in [6.45, 7) is 11.9. The number of halogens is 2. The molecule has 0 radical (unpaired) electrons. The van der Waals surface area contributed by atoms with E-state index < -0.39 is 8.07 Å². The Kier molecular flexibility index (Phi) is 11.0. The summed E-state index contributed by atoms with van der Waals surface area (Å²) in [4.78, 5) is 0. The molecule has 0 heterocycles. The van der Waals surface area contributed by atoms with Crippen molar-refractivity contribution in [3.63, 3.8) is 0 Å². The average molecular weight is 658 g/mol. The van der Waals surface area contributed by atoms with Crippen molar-refractivity contribution in [1.29, 1.82) is 0 Å². The van der Waals surface area contributed by atoms with Crippen LogP contribution in [0.15, 0.2) is 109 Å². The topological polar surface area (TPSA) is 0 Å². The third-order valence-corrected chi connectivity index (χ3v) is 11.0. The zero-order chi connectivity index (χ0) is 26.9. The number of allylic oxidation sites excluding steroid dienone is 4. The van der Waals surface area contributed by atoms with E-state index in [1.165, 1.54) is 82.4 Å². The molecule has 1 aliphatic carbocycles. The first-order valence-electron chi connectivity index (χ1n) is 13.4. The molecule has 0 N–H and O–H groups in total. The van der Waals surface area contributed by atoms with Crippen LogP contribution in [0.5, 0.6) is 0 Å². The van der Waals surface area contributed by atoms with Gasteiger partial charge in [-0.2, -0.15) is 0 Å². The molecule has 0 amide bonds. The number of benzene rings is 4. The SMILES string of the molecule is Cc1ccc2c(c1)[cH-]c1c(C3=CC=CC3)c(C)c([Si](C)(C)C)cc12.[Cl-].[Cl-].[Zr+2]=[C](c1ccccc1)c1ccccc1. The van der Waals surface area contributed by atoms with Gasteiger partial charge in [0.1, 0.15) is 0 Å². The van der Waals surface area contributed by atoms with E-state index in [1.807, 2.05) is 0 Å². The van der Waals surface area contributed by atoms with E-state index in [-0.39, 0.29) is 24.8 Å². The first-order valence-corrected chi connectivity index (χ1v) is 18.2. The molecule has 1 aliphatic rings. The van der Waals surface area contributed by atoms with Crippen molar-refractivity contribution in [1.82, 2.24) is 0 Å². The Hall–Kier alpha value is -2.22. The molecule has 5 aromatic carbocycles. The van der Waals surface area contributed by atoms with Crippen LogP contribution in [0, 0.1) is 13.8 Å². The average Bonchev–Trinajstić information content (AvgIpc) is 3.56. The summed E-state index contributed by atoms with van der Waals surface area (Å²) in [7, 11) is -1.40. The fraction of sp³-hybridized carbons (Fsp3) is 0.167. The molecule has 0 nitrogen and oxygen atoms in total. The van der Waals surface area contributed by atoms with Crippen molar-refractivity contribution in [2.75, 3.05) is 0 Å². The van der Waals surface area contributed by atoms with Crippen LogP contribution in [0.1, 0.15) is 34.2 Å². The molecular formula is C36H35Cl2SiZr-. The van der Waals surface area contributed by atoms with E-state index in [9.17, 15) is 0 Å². The van der Waals surface area contributed by atoms with Gasteiger partial charge >= 0.3 is 99.2 Å². The van der Waals surface area contributed by atoms with Crippen LogP contribution in [0.4, 0.5) is 0 Å². The van der Waals surface area contributed by atoms with Crippen LogP contribution in [0.25, 0.3) is 27.1 Å². The molecule has 0 saturated heterocycles. The van der Waals surface area contributed by atoms with Gasteiger partial charge < -0.3 is 24.8 Å². The van der Waals surface area contributed by atoms with E-state index in [2.05, 4.69) is 143 Å². The van der Waals surface area contributed by atoms with E-state index in [4.69, 9.17) is 0 Å². The molecule has 0 aromatic heterocycles. The van der Waals surface area contributed by atoms with Gasteiger partial charge in [0, 0.05) is 0 Å². The third kappa shape index (κ3) is 6.80. The van der Waals surface area contributed by atoms with Gasteiger partial charge in [-0.3, -0.25) is 0 Å². The maximum absolute atomic E-state index is 2.50. The fourth-order valence-corrected chi connectivity index (χ4v) is 8.23. The Bertz CT molecular complexity index is 1650. The number of fused-ring (bicyclic) bond motifs is 3. The van der Waals surface area contributed by atoms with Crippen LogP contribution in [0.2, 0.25) is 19.6 Å². The van der Waals surface area contributed by atoms with Crippen LogP contribution in [-0.4, -0.2) is 11.3 Å². The van der Waals surface area contributed by atoms with E-state index in [1.54, 1.807) is 5.19 Å². The Morgan fingerprint density at radius 3 is 1.90 bits per heavy atom. The van der Waals surface area contributed by atoms with Crippen molar-refractivity contribution in [3.05, 3.63) is 137 Å². The molecular weight excluding hydrogens is 623 g/mol. The Labute approximate surface area is 267 Å². The van der Waals surface area contributed by atoms with Crippen LogP contribution >= 0.6 is 0 Å². The monoisotopic (exact) mass is 655 g/mol. The summed E-state index contributed by atoms with van der Waals surface area (Å²) in [5.41, 5.74) is 8.47. The van der Waals surface area contributed by atoms with Crippen molar-refractivity contribution >= 4 is 43.6 Å². The molecule has 0 fully saturated rings. The summed E-state index contributed by atoms with van der Waals surface area (Å²) in [5.74, 6) is 0. The number of hydrogen-bond donors (Lipinski definition) is 0. The first-order chi connectivity index (χ1) is 18.2. The molecule has 0 atom stereocenters. The second kappa shape index (κ2) is 13.6. The molecule has 0 bridgehead atoms. The molecule has 4 heteroatoms. The number of aryl methyl sites for hydroxylation is 1. The normalized spacial score (nSPS) is 12.3. The minimum absolute atomic E-state index is 0. The summed E-state index contributed by atoms with van der Waals surface area (Å²) in [6, 6.07) is 32.9. The third-order valence-electron chi connectivity index (χ3n) is 7.45. The maximum atomic E-state index is 2.50.